The van der Waals surface area contributed by atoms with Crippen molar-refractivity contribution < 1.29 is 13.9 Å². The predicted octanol–water partition coefficient (Wildman–Crippen LogP) is 4.26. The van der Waals surface area contributed by atoms with E-state index in [0.717, 1.165) is 0 Å². The maximum atomic E-state index is 12.3. The van der Waals surface area contributed by atoms with E-state index in [1.807, 2.05) is 30.3 Å². The topological polar surface area (TPSA) is 75.3 Å². The molecule has 1 atom stereocenters. The van der Waals surface area contributed by atoms with Crippen LogP contribution in [0.25, 0.3) is 0 Å². The summed E-state index contributed by atoms with van der Waals surface area (Å²) < 4.78 is 11.2. The number of hydrogen-bond acceptors (Lipinski definition) is 4. The first-order chi connectivity index (χ1) is 13.2. The summed E-state index contributed by atoms with van der Waals surface area (Å²) in [5, 5.41) is 12.0. The molecule has 0 radical (unpaired) electrons. The third-order valence-corrected chi connectivity index (χ3v) is 4.20. The maximum absolute atomic E-state index is 12.3. The van der Waals surface area contributed by atoms with Crippen LogP contribution >= 0.6 is 0 Å². The number of rotatable bonds is 7. The van der Waals surface area contributed by atoms with Crippen LogP contribution in [-0.2, 0) is 6.61 Å². The van der Waals surface area contributed by atoms with Crippen LogP contribution < -0.4 is 10.1 Å². The molecule has 2 aromatic carbocycles. The molecule has 1 aromatic heterocycles. The summed E-state index contributed by atoms with van der Waals surface area (Å²) in [6.07, 6.45) is 0. The van der Waals surface area contributed by atoms with E-state index in [0.29, 0.717) is 23.6 Å². The Bertz CT molecular complexity index is 941. The normalized spacial score (nSPS) is 11.4. The highest BCUT2D eigenvalue weighted by Gasteiger charge is 2.13. The lowest BCUT2D eigenvalue weighted by atomic mass is 10.0. The summed E-state index contributed by atoms with van der Waals surface area (Å²) in [5.41, 5.74) is 1.62. The Morgan fingerprint density at radius 1 is 1.11 bits per heavy atom. The number of hydrogen-bond donors (Lipinski definition) is 1. The Kier molecular flexibility index (Phi) is 5.91. The number of benzene rings is 2. The van der Waals surface area contributed by atoms with E-state index in [9.17, 15) is 4.79 Å². The molecule has 0 bridgehead atoms. The van der Waals surface area contributed by atoms with E-state index in [4.69, 9.17) is 14.4 Å². The Hall–Kier alpha value is -3.52. The van der Waals surface area contributed by atoms with Crippen molar-refractivity contribution >= 4 is 5.91 Å². The molecule has 0 saturated heterocycles. The van der Waals surface area contributed by atoms with Crippen LogP contribution in [0.1, 0.15) is 40.3 Å². The molecule has 3 aromatic rings. The SMILES string of the molecule is CC(CNC(=O)c1ccc(COc2ccccc2C#N)o1)c1ccccc1. The van der Waals surface area contributed by atoms with Crippen molar-refractivity contribution in [2.24, 2.45) is 0 Å². The van der Waals surface area contributed by atoms with Gasteiger partial charge >= 0.3 is 0 Å². The van der Waals surface area contributed by atoms with Gasteiger partial charge in [0.25, 0.3) is 5.91 Å². The van der Waals surface area contributed by atoms with Crippen molar-refractivity contribution in [3.63, 3.8) is 0 Å². The monoisotopic (exact) mass is 360 g/mol. The van der Waals surface area contributed by atoms with Crippen LogP contribution in [0.5, 0.6) is 5.75 Å². The Labute approximate surface area is 158 Å². The van der Waals surface area contributed by atoms with Gasteiger partial charge in [0, 0.05) is 6.54 Å². The molecular formula is C22H20N2O3. The number of ether oxygens (including phenoxy) is 1. The molecular weight excluding hydrogens is 340 g/mol. The minimum atomic E-state index is -0.263. The molecule has 0 aliphatic heterocycles. The number of carbonyl (C=O) groups is 1. The first-order valence-corrected chi connectivity index (χ1v) is 8.71. The fourth-order valence-corrected chi connectivity index (χ4v) is 2.64. The van der Waals surface area contributed by atoms with E-state index < -0.39 is 0 Å². The highest BCUT2D eigenvalue weighted by atomic mass is 16.5. The lowest BCUT2D eigenvalue weighted by Gasteiger charge is -2.12. The van der Waals surface area contributed by atoms with Gasteiger partial charge < -0.3 is 14.5 Å². The number of carbonyl (C=O) groups excluding carboxylic acids is 1. The number of amides is 1. The molecule has 0 aliphatic carbocycles. The summed E-state index contributed by atoms with van der Waals surface area (Å²) >= 11 is 0. The number of nitrogens with one attached hydrogen (secondary N) is 1. The van der Waals surface area contributed by atoms with E-state index >= 15 is 0 Å². The summed E-state index contributed by atoms with van der Waals surface area (Å²) in [4.78, 5) is 12.3. The van der Waals surface area contributed by atoms with Gasteiger partial charge in [-0.1, -0.05) is 49.4 Å². The quantitative estimate of drug-likeness (QED) is 0.683. The lowest BCUT2D eigenvalue weighted by molar-refractivity contribution is 0.0920. The zero-order valence-electron chi connectivity index (χ0n) is 15.0. The highest BCUT2D eigenvalue weighted by Crippen LogP contribution is 2.19. The second kappa shape index (κ2) is 8.72. The van der Waals surface area contributed by atoms with Crippen molar-refractivity contribution in [3.05, 3.63) is 89.4 Å². The molecule has 5 nitrogen and oxygen atoms in total. The first-order valence-electron chi connectivity index (χ1n) is 8.71. The Balaban J connectivity index is 1.54. The van der Waals surface area contributed by atoms with Crippen molar-refractivity contribution in [2.45, 2.75) is 19.4 Å². The number of para-hydroxylation sites is 1. The second-order valence-corrected chi connectivity index (χ2v) is 6.18. The number of furan rings is 1. The van der Waals surface area contributed by atoms with Gasteiger partial charge in [0.15, 0.2) is 5.76 Å². The van der Waals surface area contributed by atoms with Crippen LogP contribution in [0.15, 0.2) is 71.1 Å². The largest absolute Gasteiger partial charge is 0.484 e. The summed E-state index contributed by atoms with van der Waals surface area (Å²) in [6, 6.07) is 22.4. The molecule has 1 unspecified atom stereocenters. The molecule has 1 N–H and O–H groups in total. The average molecular weight is 360 g/mol. The molecule has 0 aliphatic rings. The van der Waals surface area contributed by atoms with E-state index in [1.165, 1.54) is 5.56 Å². The van der Waals surface area contributed by atoms with Crippen LogP contribution in [-0.4, -0.2) is 12.5 Å². The Morgan fingerprint density at radius 3 is 2.63 bits per heavy atom. The van der Waals surface area contributed by atoms with Gasteiger partial charge in [-0.15, -0.1) is 0 Å². The molecule has 5 heteroatoms. The van der Waals surface area contributed by atoms with E-state index in [-0.39, 0.29) is 24.2 Å². The third-order valence-electron chi connectivity index (χ3n) is 4.20. The van der Waals surface area contributed by atoms with Gasteiger partial charge in [-0.3, -0.25) is 4.79 Å². The van der Waals surface area contributed by atoms with Gasteiger partial charge in [-0.05, 0) is 35.7 Å². The number of nitriles is 1. The first kappa shape index (κ1) is 18.3. The highest BCUT2D eigenvalue weighted by molar-refractivity contribution is 5.91. The standard InChI is InChI=1S/C22H20N2O3/c1-16(17-7-3-2-4-8-17)14-24-22(25)21-12-11-19(27-21)15-26-20-10-6-5-9-18(20)13-23/h2-12,16H,14-15H2,1H3,(H,24,25). The van der Waals surface area contributed by atoms with Gasteiger partial charge in [-0.25, -0.2) is 0 Å². The van der Waals surface area contributed by atoms with Crippen molar-refractivity contribution in [1.29, 1.82) is 5.26 Å². The van der Waals surface area contributed by atoms with Crippen LogP contribution in [0.3, 0.4) is 0 Å². The minimum Gasteiger partial charge on any atom is -0.484 e. The summed E-state index contributed by atoms with van der Waals surface area (Å²) in [7, 11) is 0. The lowest BCUT2D eigenvalue weighted by Crippen LogP contribution is -2.27. The smallest absolute Gasteiger partial charge is 0.287 e. The molecule has 136 valence electrons. The molecule has 0 spiro atoms. The molecule has 1 heterocycles. The van der Waals surface area contributed by atoms with Crippen LogP contribution in [0, 0.1) is 11.3 Å². The zero-order valence-corrected chi connectivity index (χ0v) is 15.0. The van der Waals surface area contributed by atoms with Gasteiger partial charge in [0.2, 0.25) is 0 Å². The zero-order chi connectivity index (χ0) is 19.1. The molecule has 1 amide bonds. The molecule has 0 saturated carbocycles. The van der Waals surface area contributed by atoms with Gasteiger partial charge in [-0.2, -0.15) is 5.26 Å². The third kappa shape index (κ3) is 4.77. The van der Waals surface area contributed by atoms with Crippen LogP contribution in [0.4, 0.5) is 0 Å². The molecule has 27 heavy (non-hydrogen) atoms. The fraction of sp³-hybridized carbons (Fsp3) is 0.182. The summed E-state index contributed by atoms with van der Waals surface area (Å²) in [6.45, 7) is 2.72. The second-order valence-electron chi connectivity index (χ2n) is 6.18. The van der Waals surface area contributed by atoms with Gasteiger partial charge in [0.1, 0.15) is 24.2 Å². The van der Waals surface area contributed by atoms with Crippen LogP contribution in [0.2, 0.25) is 0 Å². The van der Waals surface area contributed by atoms with E-state index in [2.05, 4.69) is 18.3 Å². The number of nitrogens with zero attached hydrogens (tertiary/aromatic N) is 1. The van der Waals surface area contributed by atoms with Crippen molar-refractivity contribution in [1.82, 2.24) is 5.32 Å². The van der Waals surface area contributed by atoms with Gasteiger partial charge in [0.05, 0.1) is 5.56 Å². The summed E-state index contributed by atoms with van der Waals surface area (Å²) in [5.74, 6) is 1.18. The molecule has 0 fully saturated rings. The Morgan fingerprint density at radius 2 is 1.85 bits per heavy atom. The van der Waals surface area contributed by atoms with Crippen molar-refractivity contribution in [3.8, 4) is 11.8 Å². The predicted molar refractivity (Wildman–Crippen MR) is 101 cm³/mol. The molecule has 3 rings (SSSR count). The fourth-order valence-electron chi connectivity index (χ4n) is 2.64. The average Bonchev–Trinajstić information content (AvgIpc) is 3.20. The maximum Gasteiger partial charge on any atom is 0.287 e. The van der Waals surface area contributed by atoms with E-state index in [1.54, 1.807) is 36.4 Å². The van der Waals surface area contributed by atoms with Crippen molar-refractivity contribution in [2.75, 3.05) is 6.54 Å². The minimum absolute atomic E-state index is 0.145.